The molecule has 2 aromatic rings. The molecule has 0 fully saturated rings. The standard InChI is InChI=1S/C12H16N6OS/c1-2-3-14-5-8-6-15-11(16-7-8)20-12-17-9(13)4-10(19)18-12/h4,6-7,14H,2-3,5H2,1H3,(H3,13,17,18,19). The van der Waals surface area contributed by atoms with Crippen LogP contribution in [0.25, 0.3) is 0 Å². The second-order valence-electron chi connectivity index (χ2n) is 4.13. The monoisotopic (exact) mass is 292 g/mol. The third-order valence-corrected chi connectivity index (χ3v) is 3.15. The van der Waals surface area contributed by atoms with Crippen molar-refractivity contribution in [3.05, 3.63) is 34.4 Å². The molecule has 20 heavy (non-hydrogen) atoms. The Labute approximate surface area is 120 Å². The van der Waals surface area contributed by atoms with Gasteiger partial charge in [-0.25, -0.2) is 15.0 Å². The van der Waals surface area contributed by atoms with Gasteiger partial charge in [0.15, 0.2) is 10.3 Å². The first kappa shape index (κ1) is 14.5. The molecule has 106 valence electrons. The van der Waals surface area contributed by atoms with E-state index < -0.39 is 0 Å². The van der Waals surface area contributed by atoms with Crippen molar-refractivity contribution in [3.63, 3.8) is 0 Å². The van der Waals surface area contributed by atoms with Crippen molar-refractivity contribution in [2.24, 2.45) is 0 Å². The van der Waals surface area contributed by atoms with Crippen molar-refractivity contribution in [2.45, 2.75) is 30.2 Å². The predicted octanol–water partition coefficient (Wildman–Crippen LogP) is 0.793. The van der Waals surface area contributed by atoms with E-state index in [1.807, 2.05) is 0 Å². The summed E-state index contributed by atoms with van der Waals surface area (Å²) in [5, 5.41) is 4.17. The molecule has 0 aliphatic heterocycles. The van der Waals surface area contributed by atoms with E-state index in [0.29, 0.717) is 10.3 Å². The van der Waals surface area contributed by atoms with Gasteiger partial charge in [-0.3, -0.25) is 4.79 Å². The van der Waals surface area contributed by atoms with Crippen LogP contribution in [0.5, 0.6) is 0 Å². The Morgan fingerprint density at radius 1 is 1.40 bits per heavy atom. The van der Waals surface area contributed by atoms with Crippen LogP contribution in [0.1, 0.15) is 18.9 Å². The number of aromatic amines is 1. The number of nitrogen functional groups attached to an aromatic ring is 1. The summed E-state index contributed by atoms with van der Waals surface area (Å²) < 4.78 is 0. The van der Waals surface area contributed by atoms with Gasteiger partial charge in [0, 0.05) is 30.6 Å². The first-order valence-corrected chi connectivity index (χ1v) is 7.05. The van der Waals surface area contributed by atoms with Gasteiger partial charge in [0.2, 0.25) is 0 Å². The first-order chi connectivity index (χ1) is 9.67. The molecule has 0 spiro atoms. The van der Waals surface area contributed by atoms with Gasteiger partial charge in [-0.1, -0.05) is 6.92 Å². The van der Waals surface area contributed by atoms with Gasteiger partial charge < -0.3 is 16.0 Å². The van der Waals surface area contributed by atoms with Crippen LogP contribution in [0.15, 0.2) is 33.6 Å². The Bertz CT molecular complexity index is 612. The molecule has 0 unspecified atom stereocenters. The average molecular weight is 292 g/mol. The number of nitrogens with zero attached hydrogens (tertiary/aromatic N) is 3. The third-order valence-electron chi connectivity index (χ3n) is 2.37. The van der Waals surface area contributed by atoms with Crippen LogP contribution in [0.2, 0.25) is 0 Å². The Kier molecular flexibility index (Phi) is 5.08. The van der Waals surface area contributed by atoms with Gasteiger partial charge in [-0.2, -0.15) is 0 Å². The maximum absolute atomic E-state index is 11.3. The van der Waals surface area contributed by atoms with E-state index >= 15 is 0 Å². The number of H-pyrrole nitrogens is 1. The fourth-order valence-corrected chi connectivity index (χ4v) is 2.17. The van der Waals surface area contributed by atoms with Crippen molar-refractivity contribution in [1.29, 1.82) is 0 Å². The van der Waals surface area contributed by atoms with Crippen LogP contribution in [-0.2, 0) is 6.54 Å². The predicted molar refractivity (Wildman–Crippen MR) is 77.4 cm³/mol. The van der Waals surface area contributed by atoms with Gasteiger partial charge in [0.1, 0.15) is 5.82 Å². The van der Waals surface area contributed by atoms with Gasteiger partial charge >= 0.3 is 0 Å². The van der Waals surface area contributed by atoms with Crippen molar-refractivity contribution in [3.8, 4) is 0 Å². The van der Waals surface area contributed by atoms with Crippen molar-refractivity contribution < 1.29 is 0 Å². The smallest absolute Gasteiger partial charge is 0.253 e. The average Bonchev–Trinajstić information content (AvgIpc) is 2.40. The summed E-state index contributed by atoms with van der Waals surface area (Å²) in [5.74, 6) is 0.177. The van der Waals surface area contributed by atoms with Crippen molar-refractivity contribution in [2.75, 3.05) is 12.3 Å². The van der Waals surface area contributed by atoms with Crippen LogP contribution < -0.4 is 16.6 Å². The zero-order valence-electron chi connectivity index (χ0n) is 11.1. The summed E-state index contributed by atoms with van der Waals surface area (Å²) in [7, 11) is 0. The fraction of sp³-hybridized carbons (Fsp3) is 0.333. The fourth-order valence-electron chi connectivity index (χ4n) is 1.48. The van der Waals surface area contributed by atoms with E-state index in [1.54, 1.807) is 12.4 Å². The van der Waals surface area contributed by atoms with Crippen LogP contribution in [0.3, 0.4) is 0 Å². The molecular formula is C12H16N6OS. The molecule has 2 aromatic heterocycles. The largest absolute Gasteiger partial charge is 0.383 e. The maximum atomic E-state index is 11.3. The molecule has 7 nitrogen and oxygen atoms in total. The zero-order valence-corrected chi connectivity index (χ0v) is 11.9. The molecule has 0 aliphatic rings. The Hall–Kier alpha value is -1.93. The van der Waals surface area contributed by atoms with E-state index in [4.69, 9.17) is 5.73 Å². The van der Waals surface area contributed by atoms with Gasteiger partial charge in [0.25, 0.3) is 5.56 Å². The topological polar surface area (TPSA) is 110 Å². The van der Waals surface area contributed by atoms with Gasteiger partial charge in [-0.05, 0) is 24.7 Å². The quantitative estimate of drug-likeness (QED) is 0.533. The molecular weight excluding hydrogens is 276 g/mol. The number of anilines is 1. The van der Waals surface area contributed by atoms with Crippen LogP contribution in [-0.4, -0.2) is 26.5 Å². The third kappa shape index (κ3) is 4.32. The normalized spacial score (nSPS) is 10.7. The van der Waals surface area contributed by atoms with Crippen LogP contribution >= 0.6 is 11.8 Å². The van der Waals surface area contributed by atoms with Crippen molar-refractivity contribution in [1.82, 2.24) is 25.3 Å². The summed E-state index contributed by atoms with van der Waals surface area (Å²) in [6.45, 7) is 3.82. The summed E-state index contributed by atoms with van der Waals surface area (Å²) in [5.41, 5.74) is 6.23. The highest BCUT2D eigenvalue weighted by molar-refractivity contribution is 7.99. The van der Waals surface area contributed by atoms with E-state index in [2.05, 4.69) is 32.2 Å². The lowest BCUT2D eigenvalue weighted by Crippen LogP contribution is -2.14. The molecule has 0 amide bonds. The molecule has 2 rings (SSSR count). The highest BCUT2D eigenvalue weighted by Gasteiger charge is 2.04. The molecule has 0 bridgehead atoms. The number of hydrogen-bond donors (Lipinski definition) is 3. The summed E-state index contributed by atoms with van der Waals surface area (Å²) in [6, 6.07) is 1.23. The summed E-state index contributed by atoms with van der Waals surface area (Å²) >= 11 is 1.16. The highest BCUT2D eigenvalue weighted by atomic mass is 32.2. The number of nitrogens with two attached hydrogens (primary N) is 1. The first-order valence-electron chi connectivity index (χ1n) is 6.23. The van der Waals surface area contributed by atoms with Crippen LogP contribution in [0.4, 0.5) is 5.82 Å². The Morgan fingerprint density at radius 2 is 2.15 bits per heavy atom. The second kappa shape index (κ2) is 7.01. The van der Waals surface area contributed by atoms with Crippen molar-refractivity contribution >= 4 is 17.6 Å². The molecule has 8 heteroatoms. The number of aromatic nitrogens is 4. The second-order valence-corrected chi connectivity index (χ2v) is 5.08. The molecule has 0 aliphatic carbocycles. The number of hydrogen-bond acceptors (Lipinski definition) is 7. The molecule has 0 saturated carbocycles. The molecule has 0 atom stereocenters. The molecule has 0 saturated heterocycles. The Morgan fingerprint density at radius 3 is 2.80 bits per heavy atom. The lowest BCUT2D eigenvalue weighted by atomic mass is 10.3. The van der Waals surface area contributed by atoms with Crippen LogP contribution in [0, 0.1) is 0 Å². The zero-order chi connectivity index (χ0) is 14.4. The molecule has 0 radical (unpaired) electrons. The lowest BCUT2D eigenvalue weighted by Gasteiger charge is -2.03. The van der Waals surface area contributed by atoms with E-state index in [-0.39, 0.29) is 11.4 Å². The summed E-state index contributed by atoms with van der Waals surface area (Å²) in [4.78, 5) is 26.3. The molecule has 0 aromatic carbocycles. The highest BCUT2D eigenvalue weighted by Crippen LogP contribution is 2.19. The maximum Gasteiger partial charge on any atom is 0.253 e. The number of rotatable bonds is 6. The van der Waals surface area contributed by atoms with E-state index in [0.717, 1.165) is 36.8 Å². The van der Waals surface area contributed by atoms with E-state index in [1.165, 1.54) is 6.07 Å². The minimum absolute atomic E-state index is 0.177. The minimum Gasteiger partial charge on any atom is -0.383 e. The SMILES string of the molecule is CCCNCc1cnc(Sc2nc(N)cc(=O)[nH]2)nc1. The van der Waals surface area contributed by atoms with Gasteiger partial charge in [0.05, 0.1) is 0 Å². The van der Waals surface area contributed by atoms with E-state index in [9.17, 15) is 4.79 Å². The molecule has 4 N–H and O–H groups in total. The lowest BCUT2D eigenvalue weighted by molar-refractivity contribution is 0.669. The number of nitrogens with one attached hydrogen (secondary N) is 2. The molecule has 2 heterocycles. The summed E-state index contributed by atoms with van der Waals surface area (Å²) in [6.07, 6.45) is 4.59. The van der Waals surface area contributed by atoms with Gasteiger partial charge in [-0.15, -0.1) is 0 Å². The minimum atomic E-state index is -0.291. The Balaban J connectivity index is 2.01.